The maximum Gasteiger partial charge on any atom is 0.139 e. The molecule has 1 unspecified atom stereocenters. The van der Waals surface area contributed by atoms with Crippen molar-refractivity contribution < 1.29 is 9.13 Å². The van der Waals surface area contributed by atoms with E-state index in [9.17, 15) is 4.39 Å². The molecule has 0 bridgehead atoms. The van der Waals surface area contributed by atoms with E-state index in [1.807, 2.05) is 6.07 Å². The number of ether oxygens (including phenoxy) is 1. The van der Waals surface area contributed by atoms with Gasteiger partial charge in [0.15, 0.2) is 0 Å². The lowest BCUT2D eigenvalue weighted by Crippen LogP contribution is -2.21. The highest BCUT2D eigenvalue weighted by Gasteiger charge is 2.29. The lowest BCUT2D eigenvalue weighted by Gasteiger charge is -2.25. The monoisotopic (exact) mass is 340 g/mol. The molecule has 1 N–H and O–H groups in total. The van der Waals surface area contributed by atoms with Crippen molar-refractivity contribution >= 4 is 23.2 Å². The summed E-state index contributed by atoms with van der Waals surface area (Å²) < 4.78 is 19.3. The molecule has 22 heavy (non-hydrogen) atoms. The van der Waals surface area contributed by atoms with Gasteiger partial charge < -0.3 is 10.1 Å². The van der Waals surface area contributed by atoms with Gasteiger partial charge >= 0.3 is 0 Å². The van der Waals surface area contributed by atoms with Gasteiger partial charge in [-0.25, -0.2) is 4.39 Å². The van der Waals surface area contributed by atoms with Gasteiger partial charge in [0.1, 0.15) is 17.7 Å². The van der Waals surface area contributed by atoms with E-state index < -0.39 is 0 Å². The fourth-order valence-electron chi connectivity index (χ4n) is 2.66. The van der Waals surface area contributed by atoms with Gasteiger partial charge in [-0.2, -0.15) is 0 Å². The van der Waals surface area contributed by atoms with E-state index in [1.54, 1.807) is 18.5 Å². The van der Waals surface area contributed by atoms with Crippen LogP contribution in [0.15, 0.2) is 36.7 Å². The van der Waals surface area contributed by atoms with Gasteiger partial charge in [0, 0.05) is 30.4 Å². The molecule has 116 valence electrons. The predicted octanol–water partition coefficient (Wildman–Crippen LogP) is 4.26. The molecule has 2 aromatic rings. The molecule has 1 saturated heterocycles. The molecular weight excluding hydrogens is 326 g/mol. The van der Waals surface area contributed by atoms with Crippen molar-refractivity contribution in [3.05, 3.63) is 58.1 Å². The second-order valence-corrected chi connectivity index (χ2v) is 6.15. The molecule has 0 saturated carbocycles. The van der Waals surface area contributed by atoms with E-state index in [4.69, 9.17) is 27.9 Å². The number of benzene rings is 1. The third-order valence-corrected chi connectivity index (χ3v) is 4.23. The molecule has 0 spiro atoms. The largest absolute Gasteiger partial charge is 0.484 e. The zero-order valence-corrected chi connectivity index (χ0v) is 13.2. The summed E-state index contributed by atoms with van der Waals surface area (Å²) in [5, 5.41) is 4.13. The molecule has 1 aliphatic heterocycles. The van der Waals surface area contributed by atoms with Crippen molar-refractivity contribution in [1.82, 2.24) is 10.3 Å². The van der Waals surface area contributed by atoms with Crippen LogP contribution in [-0.2, 0) is 0 Å². The lowest BCUT2D eigenvalue weighted by atomic mass is 9.96. The summed E-state index contributed by atoms with van der Waals surface area (Å²) in [5.41, 5.74) is 0.890. The van der Waals surface area contributed by atoms with Gasteiger partial charge in [-0.05, 0) is 37.2 Å². The molecule has 1 aromatic heterocycles. The van der Waals surface area contributed by atoms with Crippen LogP contribution >= 0.6 is 23.2 Å². The Morgan fingerprint density at radius 3 is 2.82 bits per heavy atom. The molecular formula is C16H15Cl2FN2O. The highest BCUT2D eigenvalue weighted by molar-refractivity contribution is 6.32. The smallest absolute Gasteiger partial charge is 0.139 e. The molecule has 2 atom stereocenters. The topological polar surface area (TPSA) is 34.1 Å². The van der Waals surface area contributed by atoms with Crippen molar-refractivity contribution in [1.29, 1.82) is 0 Å². The van der Waals surface area contributed by atoms with E-state index in [2.05, 4.69) is 10.3 Å². The Morgan fingerprint density at radius 1 is 1.27 bits per heavy atom. The van der Waals surface area contributed by atoms with Crippen LogP contribution in [0, 0.1) is 11.7 Å². The SMILES string of the molecule is Fc1ccc(O[C@H](c2cncc(Cl)c2)C2CCNC2)c(Cl)c1. The summed E-state index contributed by atoms with van der Waals surface area (Å²) in [7, 11) is 0. The second-order valence-electron chi connectivity index (χ2n) is 5.30. The van der Waals surface area contributed by atoms with E-state index in [1.165, 1.54) is 12.1 Å². The average molecular weight is 341 g/mol. The number of hydrogen-bond acceptors (Lipinski definition) is 3. The van der Waals surface area contributed by atoms with Crippen molar-refractivity contribution in [3.63, 3.8) is 0 Å². The zero-order valence-electron chi connectivity index (χ0n) is 11.7. The van der Waals surface area contributed by atoms with Crippen molar-refractivity contribution in [2.45, 2.75) is 12.5 Å². The van der Waals surface area contributed by atoms with Crippen LogP contribution in [0.5, 0.6) is 5.75 Å². The highest BCUT2D eigenvalue weighted by Crippen LogP contribution is 2.35. The van der Waals surface area contributed by atoms with E-state index in [-0.39, 0.29) is 22.9 Å². The Balaban J connectivity index is 1.91. The fraction of sp³-hybridized carbons (Fsp3) is 0.312. The third-order valence-electron chi connectivity index (χ3n) is 3.73. The van der Waals surface area contributed by atoms with E-state index >= 15 is 0 Å². The number of pyridine rings is 1. The molecule has 1 fully saturated rings. The summed E-state index contributed by atoms with van der Waals surface area (Å²) in [6.07, 6.45) is 4.08. The first-order valence-electron chi connectivity index (χ1n) is 7.06. The Bertz CT molecular complexity index is 662. The van der Waals surface area contributed by atoms with Gasteiger partial charge in [0.05, 0.1) is 10.0 Å². The van der Waals surface area contributed by atoms with Gasteiger partial charge in [0.2, 0.25) is 0 Å². The minimum absolute atomic E-state index is 0.232. The van der Waals surface area contributed by atoms with Gasteiger partial charge in [0.25, 0.3) is 0 Å². The normalized spacial score (nSPS) is 19.1. The average Bonchev–Trinajstić information content (AvgIpc) is 3.00. The Hall–Kier alpha value is -1.36. The molecule has 2 heterocycles. The van der Waals surface area contributed by atoms with Gasteiger partial charge in [-0.3, -0.25) is 4.98 Å². The summed E-state index contributed by atoms with van der Waals surface area (Å²) in [5.74, 6) is 0.349. The first-order chi connectivity index (χ1) is 10.6. The van der Waals surface area contributed by atoms with Crippen molar-refractivity contribution in [2.75, 3.05) is 13.1 Å². The van der Waals surface area contributed by atoms with Crippen LogP contribution in [0.4, 0.5) is 4.39 Å². The van der Waals surface area contributed by atoms with E-state index in [0.717, 1.165) is 25.1 Å². The maximum atomic E-state index is 13.2. The van der Waals surface area contributed by atoms with Gasteiger partial charge in [-0.1, -0.05) is 23.2 Å². The standard InChI is InChI=1S/C16H15Cl2FN2O/c17-12-5-11(8-21-9-12)16(10-3-4-20-7-10)22-15-2-1-13(19)6-14(15)18/h1-2,5-6,8-10,16,20H,3-4,7H2/t10?,16-/m0/s1. The minimum atomic E-state index is -0.388. The number of nitrogens with one attached hydrogen (secondary N) is 1. The Labute approximate surface area is 138 Å². The van der Waals surface area contributed by atoms with Crippen molar-refractivity contribution in [3.8, 4) is 5.75 Å². The molecule has 0 amide bonds. The lowest BCUT2D eigenvalue weighted by molar-refractivity contribution is 0.144. The quantitative estimate of drug-likeness (QED) is 0.902. The molecule has 1 aliphatic rings. The van der Waals surface area contributed by atoms with Crippen LogP contribution in [0.2, 0.25) is 10.0 Å². The molecule has 6 heteroatoms. The third kappa shape index (κ3) is 3.51. The van der Waals surface area contributed by atoms with Crippen molar-refractivity contribution in [2.24, 2.45) is 5.92 Å². The van der Waals surface area contributed by atoms with Crippen LogP contribution < -0.4 is 10.1 Å². The molecule has 3 rings (SSSR count). The molecule has 1 aromatic carbocycles. The number of rotatable bonds is 4. The molecule has 0 aliphatic carbocycles. The summed E-state index contributed by atoms with van der Waals surface area (Å²) in [6, 6.07) is 5.97. The minimum Gasteiger partial charge on any atom is -0.484 e. The summed E-state index contributed by atoms with van der Waals surface area (Å²) in [4.78, 5) is 4.13. The number of hydrogen-bond donors (Lipinski definition) is 1. The zero-order chi connectivity index (χ0) is 15.5. The predicted molar refractivity (Wildman–Crippen MR) is 85.0 cm³/mol. The van der Waals surface area contributed by atoms with Crippen LogP contribution in [0.25, 0.3) is 0 Å². The summed E-state index contributed by atoms with van der Waals surface area (Å²) >= 11 is 12.1. The number of aromatic nitrogens is 1. The highest BCUT2D eigenvalue weighted by atomic mass is 35.5. The Morgan fingerprint density at radius 2 is 2.14 bits per heavy atom. The number of halogens is 3. The first kappa shape index (κ1) is 15.5. The molecule has 0 radical (unpaired) electrons. The maximum absolute atomic E-state index is 13.2. The van der Waals surface area contributed by atoms with Crippen LogP contribution in [-0.4, -0.2) is 18.1 Å². The summed E-state index contributed by atoms with van der Waals surface area (Å²) in [6.45, 7) is 1.78. The Kier molecular flexibility index (Phi) is 4.81. The number of nitrogens with zero attached hydrogens (tertiary/aromatic N) is 1. The first-order valence-corrected chi connectivity index (χ1v) is 7.82. The van der Waals surface area contributed by atoms with Crippen LogP contribution in [0.3, 0.4) is 0 Å². The second kappa shape index (κ2) is 6.82. The van der Waals surface area contributed by atoms with Crippen LogP contribution in [0.1, 0.15) is 18.1 Å². The van der Waals surface area contributed by atoms with E-state index in [0.29, 0.717) is 10.8 Å². The molecule has 3 nitrogen and oxygen atoms in total. The fourth-order valence-corrected chi connectivity index (χ4v) is 3.06. The van der Waals surface area contributed by atoms with Gasteiger partial charge in [-0.15, -0.1) is 0 Å².